The van der Waals surface area contributed by atoms with Crippen LogP contribution in [0.4, 0.5) is 0 Å². The van der Waals surface area contributed by atoms with Gasteiger partial charge in [0.15, 0.2) is 0 Å². The van der Waals surface area contributed by atoms with Gasteiger partial charge in [-0.3, -0.25) is 0 Å². The molecule has 4 nitrogen and oxygen atoms in total. The third kappa shape index (κ3) is 2.62. The molecule has 0 aromatic carbocycles. The molecule has 4 N–H and O–H groups in total. The summed E-state index contributed by atoms with van der Waals surface area (Å²) in [5.41, 5.74) is 0. The van der Waals surface area contributed by atoms with Crippen molar-refractivity contribution >= 4 is 0 Å². The van der Waals surface area contributed by atoms with E-state index in [4.69, 9.17) is 20.4 Å². The minimum atomic E-state index is -1.04. The predicted octanol–water partition coefficient (Wildman–Crippen LogP) is -1.67. The Hall–Kier alpha value is -0.160. The second-order valence-corrected chi connectivity index (χ2v) is 2.34. The van der Waals surface area contributed by atoms with E-state index in [9.17, 15) is 0 Å². The second-order valence-electron chi connectivity index (χ2n) is 2.34. The van der Waals surface area contributed by atoms with Crippen LogP contribution in [0.5, 0.6) is 0 Å². The molecule has 62 valence electrons. The Morgan fingerprint density at radius 3 is 1.70 bits per heavy atom. The molecule has 0 amide bonds. The molecule has 0 spiro atoms. The lowest BCUT2D eigenvalue weighted by Gasteiger charge is -2.21. The van der Waals surface area contributed by atoms with Crippen molar-refractivity contribution in [2.75, 3.05) is 13.2 Å². The van der Waals surface area contributed by atoms with Gasteiger partial charge in [0.1, 0.15) is 0 Å². The quantitative estimate of drug-likeness (QED) is 0.386. The van der Waals surface area contributed by atoms with E-state index in [0.29, 0.717) is 0 Å². The van der Waals surface area contributed by atoms with Crippen LogP contribution in [0, 0.1) is 5.92 Å². The predicted molar refractivity (Wildman–Crippen MR) is 35.3 cm³/mol. The Morgan fingerprint density at radius 1 is 1.10 bits per heavy atom. The molecule has 0 aromatic heterocycles. The van der Waals surface area contributed by atoms with Crippen LogP contribution in [0.25, 0.3) is 0 Å². The minimum Gasteiger partial charge on any atom is -0.396 e. The summed E-state index contributed by atoms with van der Waals surface area (Å²) in [5.74, 6) is -0.648. The van der Waals surface area contributed by atoms with E-state index >= 15 is 0 Å². The number of aliphatic hydroxyl groups excluding tert-OH is 4. The fraction of sp³-hybridized carbons (Fsp3) is 1.00. The van der Waals surface area contributed by atoms with Crippen LogP contribution in [0.3, 0.4) is 0 Å². The molecule has 0 aromatic rings. The summed E-state index contributed by atoms with van der Waals surface area (Å²) in [6.07, 6.45) is -1.84. The molecule has 0 rings (SSSR count). The largest absolute Gasteiger partial charge is 0.396 e. The van der Waals surface area contributed by atoms with Crippen molar-refractivity contribution in [2.45, 2.75) is 19.1 Å². The third-order valence-electron chi connectivity index (χ3n) is 1.51. The van der Waals surface area contributed by atoms with E-state index in [0.717, 1.165) is 0 Å². The van der Waals surface area contributed by atoms with E-state index < -0.39 is 24.7 Å². The number of hydrogen-bond donors (Lipinski definition) is 4. The smallest absolute Gasteiger partial charge is 0.0845 e. The van der Waals surface area contributed by atoms with Crippen molar-refractivity contribution in [2.24, 2.45) is 5.92 Å². The van der Waals surface area contributed by atoms with Gasteiger partial charge in [-0.2, -0.15) is 0 Å². The molecule has 10 heavy (non-hydrogen) atoms. The van der Waals surface area contributed by atoms with E-state index in [-0.39, 0.29) is 6.61 Å². The molecule has 0 heterocycles. The first-order chi connectivity index (χ1) is 4.63. The fourth-order valence-electron chi connectivity index (χ4n) is 0.731. The summed E-state index contributed by atoms with van der Waals surface area (Å²) < 4.78 is 0. The molecule has 3 unspecified atom stereocenters. The highest BCUT2D eigenvalue weighted by Gasteiger charge is 2.21. The number of rotatable bonds is 4. The molecule has 0 bridgehead atoms. The average Bonchev–Trinajstić information content (AvgIpc) is 1.88. The van der Waals surface area contributed by atoms with Crippen LogP contribution in [-0.2, 0) is 0 Å². The first-order valence-electron chi connectivity index (χ1n) is 3.21. The summed E-state index contributed by atoms with van der Waals surface area (Å²) in [6.45, 7) is 0.704. The normalized spacial score (nSPS) is 20.1. The molecule has 0 aliphatic heterocycles. The van der Waals surface area contributed by atoms with Crippen molar-refractivity contribution in [1.82, 2.24) is 0 Å². The Labute approximate surface area is 59.7 Å². The van der Waals surface area contributed by atoms with Crippen molar-refractivity contribution in [1.29, 1.82) is 0 Å². The SMILES string of the molecule is CC(O)C(CO)C(O)CO. The lowest BCUT2D eigenvalue weighted by molar-refractivity contribution is -0.0325. The van der Waals surface area contributed by atoms with Gasteiger partial charge >= 0.3 is 0 Å². The zero-order valence-corrected chi connectivity index (χ0v) is 5.94. The molecular formula is C6H14O4. The maximum atomic E-state index is 8.92. The van der Waals surface area contributed by atoms with Crippen LogP contribution in [-0.4, -0.2) is 45.8 Å². The van der Waals surface area contributed by atoms with Crippen molar-refractivity contribution in [3.05, 3.63) is 0 Å². The molecule has 0 saturated heterocycles. The monoisotopic (exact) mass is 150 g/mol. The van der Waals surface area contributed by atoms with E-state index in [1.54, 1.807) is 0 Å². The Bertz CT molecular complexity index is 83.8. The van der Waals surface area contributed by atoms with Gasteiger partial charge in [0, 0.05) is 5.92 Å². The van der Waals surface area contributed by atoms with E-state index in [1.807, 2.05) is 0 Å². The van der Waals surface area contributed by atoms with Gasteiger partial charge in [-0.1, -0.05) is 0 Å². The lowest BCUT2D eigenvalue weighted by atomic mass is 9.99. The maximum Gasteiger partial charge on any atom is 0.0845 e. The van der Waals surface area contributed by atoms with Gasteiger partial charge in [-0.25, -0.2) is 0 Å². The summed E-state index contributed by atoms with van der Waals surface area (Å²) in [7, 11) is 0. The lowest BCUT2D eigenvalue weighted by Crippen LogP contribution is -2.35. The highest BCUT2D eigenvalue weighted by atomic mass is 16.3. The summed E-state index contributed by atoms with van der Waals surface area (Å²) in [4.78, 5) is 0. The Balaban J connectivity index is 3.80. The number of aliphatic hydroxyl groups is 4. The van der Waals surface area contributed by atoms with Gasteiger partial charge in [0.2, 0.25) is 0 Å². The summed E-state index contributed by atoms with van der Waals surface area (Å²) in [6, 6.07) is 0. The van der Waals surface area contributed by atoms with Crippen LogP contribution >= 0.6 is 0 Å². The molecule has 0 fully saturated rings. The van der Waals surface area contributed by atoms with Crippen molar-refractivity contribution < 1.29 is 20.4 Å². The maximum absolute atomic E-state index is 8.92. The topological polar surface area (TPSA) is 80.9 Å². The molecule has 4 heteroatoms. The molecule has 0 saturated carbocycles. The van der Waals surface area contributed by atoms with Gasteiger partial charge in [0.05, 0.1) is 25.4 Å². The summed E-state index contributed by atoms with van der Waals surface area (Å²) in [5, 5.41) is 34.8. The molecule has 0 radical (unpaired) electrons. The molecule has 3 atom stereocenters. The van der Waals surface area contributed by atoms with E-state index in [2.05, 4.69) is 0 Å². The Morgan fingerprint density at radius 2 is 1.60 bits per heavy atom. The standard InChI is InChI=1S/C6H14O4/c1-4(9)5(2-7)6(10)3-8/h4-10H,2-3H2,1H3. The first kappa shape index (κ1) is 9.84. The zero-order valence-electron chi connectivity index (χ0n) is 5.94. The van der Waals surface area contributed by atoms with Gasteiger partial charge in [-0.05, 0) is 6.92 Å². The van der Waals surface area contributed by atoms with Crippen LogP contribution < -0.4 is 0 Å². The second kappa shape index (κ2) is 4.62. The first-order valence-corrected chi connectivity index (χ1v) is 3.21. The molecule has 0 aliphatic rings. The molecule has 0 aliphatic carbocycles. The van der Waals surface area contributed by atoms with Crippen LogP contribution in [0.2, 0.25) is 0 Å². The number of hydrogen-bond acceptors (Lipinski definition) is 4. The van der Waals surface area contributed by atoms with Gasteiger partial charge < -0.3 is 20.4 Å². The molecular weight excluding hydrogens is 136 g/mol. The highest BCUT2D eigenvalue weighted by Crippen LogP contribution is 2.07. The summed E-state index contributed by atoms with van der Waals surface area (Å²) >= 11 is 0. The van der Waals surface area contributed by atoms with Crippen molar-refractivity contribution in [3.8, 4) is 0 Å². The van der Waals surface area contributed by atoms with Gasteiger partial charge in [0.25, 0.3) is 0 Å². The average molecular weight is 150 g/mol. The Kier molecular flexibility index (Phi) is 4.55. The minimum absolute atomic E-state index is 0.320. The van der Waals surface area contributed by atoms with Gasteiger partial charge in [-0.15, -0.1) is 0 Å². The van der Waals surface area contributed by atoms with Crippen LogP contribution in [0.1, 0.15) is 6.92 Å². The fourth-order valence-corrected chi connectivity index (χ4v) is 0.731. The van der Waals surface area contributed by atoms with E-state index in [1.165, 1.54) is 6.92 Å². The van der Waals surface area contributed by atoms with Crippen molar-refractivity contribution in [3.63, 3.8) is 0 Å². The third-order valence-corrected chi connectivity index (χ3v) is 1.51. The highest BCUT2D eigenvalue weighted by molar-refractivity contribution is 4.71. The zero-order chi connectivity index (χ0) is 8.15. The van der Waals surface area contributed by atoms with Crippen LogP contribution in [0.15, 0.2) is 0 Å².